The molecular formula is C17H23N3O4. The highest BCUT2D eigenvalue weighted by atomic mass is 16.3. The van der Waals surface area contributed by atoms with Crippen molar-refractivity contribution in [3.05, 3.63) is 29.3 Å². The molecule has 130 valence electrons. The van der Waals surface area contributed by atoms with Crippen molar-refractivity contribution in [1.29, 1.82) is 0 Å². The SMILES string of the molecule is Cc1ccc(C(=O)N2CCC[C@](O)(CO)C2)cc1N1CCNC1=O. The molecule has 0 spiro atoms. The largest absolute Gasteiger partial charge is 0.393 e. The molecule has 1 aromatic rings. The third-order valence-corrected chi connectivity index (χ3v) is 4.74. The van der Waals surface area contributed by atoms with Crippen molar-refractivity contribution in [2.75, 3.05) is 37.7 Å². The fourth-order valence-electron chi connectivity index (χ4n) is 3.33. The number of carbonyl (C=O) groups is 2. The van der Waals surface area contributed by atoms with Crippen LogP contribution in [-0.4, -0.2) is 65.4 Å². The average molecular weight is 333 g/mol. The number of urea groups is 1. The lowest BCUT2D eigenvalue weighted by Gasteiger charge is -2.38. The van der Waals surface area contributed by atoms with Gasteiger partial charge in [0.1, 0.15) is 5.60 Å². The zero-order valence-corrected chi connectivity index (χ0v) is 13.8. The number of benzene rings is 1. The number of β-amino-alcohol motifs (C(OH)–C–C–N with tert-alkyl or cyclic N) is 1. The van der Waals surface area contributed by atoms with Gasteiger partial charge in [-0.1, -0.05) is 6.07 Å². The number of likely N-dealkylation sites (tertiary alicyclic amines) is 1. The van der Waals surface area contributed by atoms with Crippen LogP contribution in [0.1, 0.15) is 28.8 Å². The summed E-state index contributed by atoms with van der Waals surface area (Å²) in [4.78, 5) is 27.9. The van der Waals surface area contributed by atoms with Gasteiger partial charge in [-0.2, -0.15) is 0 Å². The van der Waals surface area contributed by atoms with Gasteiger partial charge in [0.2, 0.25) is 0 Å². The first-order chi connectivity index (χ1) is 11.4. The van der Waals surface area contributed by atoms with Crippen LogP contribution in [0.25, 0.3) is 0 Å². The summed E-state index contributed by atoms with van der Waals surface area (Å²) >= 11 is 0. The normalized spacial score (nSPS) is 24.2. The first kappa shape index (κ1) is 16.7. The number of aliphatic hydroxyl groups excluding tert-OH is 1. The molecule has 2 aliphatic rings. The quantitative estimate of drug-likeness (QED) is 0.750. The van der Waals surface area contributed by atoms with Crippen molar-refractivity contribution in [2.45, 2.75) is 25.4 Å². The van der Waals surface area contributed by atoms with Crippen molar-refractivity contribution in [3.8, 4) is 0 Å². The summed E-state index contributed by atoms with van der Waals surface area (Å²) in [6, 6.07) is 5.14. The third kappa shape index (κ3) is 3.09. The molecule has 3 amide bonds. The molecule has 1 aromatic carbocycles. The Hall–Kier alpha value is -2.12. The maximum absolute atomic E-state index is 12.8. The number of aliphatic hydroxyl groups is 2. The Bertz CT molecular complexity index is 663. The number of nitrogens with one attached hydrogen (secondary N) is 1. The van der Waals surface area contributed by atoms with Crippen molar-refractivity contribution in [1.82, 2.24) is 10.2 Å². The average Bonchev–Trinajstić information content (AvgIpc) is 3.00. The minimum absolute atomic E-state index is 0.121. The maximum Gasteiger partial charge on any atom is 0.322 e. The molecule has 0 radical (unpaired) electrons. The number of nitrogens with zero attached hydrogens (tertiary/aromatic N) is 2. The Kier molecular flexibility index (Phi) is 4.47. The Morgan fingerprint density at radius 3 is 2.83 bits per heavy atom. The summed E-state index contributed by atoms with van der Waals surface area (Å²) in [5.41, 5.74) is 0.910. The highest BCUT2D eigenvalue weighted by Gasteiger charge is 2.35. The molecule has 0 aliphatic carbocycles. The van der Waals surface area contributed by atoms with E-state index in [2.05, 4.69) is 5.32 Å². The molecule has 3 N–H and O–H groups in total. The van der Waals surface area contributed by atoms with E-state index in [9.17, 15) is 19.8 Å². The van der Waals surface area contributed by atoms with Crippen molar-refractivity contribution >= 4 is 17.6 Å². The van der Waals surface area contributed by atoms with E-state index < -0.39 is 5.60 Å². The van der Waals surface area contributed by atoms with Crippen LogP contribution < -0.4 is 10.2 Å². The van der Waals surface area contributed by atoms with Crippen molar-refractivity contribution < 1.29 is 19.8 Å². The number of hydrogen-bond acceptors (Lipinski definition) is 4. The number of aryl methyl sites for hydroxylation is 1. The molecule has 1 atom stereocenters. The highest BCUT2D eigenvalue weighted by molar-refractivity contribution is 5.99. The van der Waals surface area contributed by atoms with E-state index in [1.54, 1.807) is 21.9 Å². The van der Waals surface area contributed by atoms with E-state index in [-0.39, 0.29) is 25.1 Å². The van der Waals surface area contributed by atoms with Crippen molar-refractivity contribution in [3.63, 3.8) is 0 Å². The molecule has 3 rings (SSSR count). The van der Waals surface area contributed by atoms with Gasteiger partial charge >= 0.3 is 6.03 Å². The smallest absolute Gasteiger partial charge is 0.322 e. The maximum atomic E-state index is 12.8. The molecule has 2 fully saturated rings. The Morgan fingerprint density at radius 1 is 1.38 bits per heavy atom. The summed E-state index contributed by atoms with van der Waals surface area (Å²) in [5, 5.41) is 22.3. The van der Waals surface area contributed by atoms with Gasteiger partial charge in [-0.25, -0.2) is 4.79 Å². The molecule has 2 heterocycles. The van der Waals surface area contributed by atoms with E-state index in [4.69, 9.17) is 0 Å². The van der Waals surface area contributed by atoms with Crippen LogP contribution in [-0.2, 0) is 0 Å². The lowest BCUT2D eigenvalue weighted by molar-refractivity contribution is -0.0598. The van der Waals surface area contributed by atoms with Crippen LogP contribution in [0.3, 0.4) is 0 Å². The summed E-state index contributed by atoms with van der Waals surface area (Å²) in [5.74, 6) is -0.192. The summed E-state index contributed by atoms with van der Waals surface area (Å²) in [6.07, 6.45) is 1.14. The minimum Gasteiger partial charge on any atom is -0.393 e. The van der Waals surface area contributed by atoms with Gasteiger partial charge in [-0.05, 0) is 37.5 Å². The summed E-state index contributed by atoms with van der Waals surface area (Å²) in [7, 11) is 0. The van der Waals surface area contributed by atoms with E-state index in [1.165, 1.54) is 0 Å². The summed E-state index contributed by atoms with van der Waals surface area (Å²) < 4.78 is 0. The number of amides is 3. The second kappa shape index (κ2) is 6.41. The second-order valence-electron chi connectivity index (χ2n) is 6.60. The lowest BCUT2D eigenvalue weighted by Crippen LogP contribution is -2.52. The van der Waals surface area contributed by atoms with Crippen LogP contribution in [0, 0.1) is 6.92 Å². The fourth-order valence-corrected chi connectivity index (χ4v) is 3.33. The number of anilines is 1. The first-order valence-electron chi connectivity index (χ1n) is 8.22. The molecule has 2 saturated heterocycles. The van der Waals surface area contributed by atoms with E-state index in [0.717, 1.165) is 11.3 Å². The fraction of sp³-hybridized carbons (Fsp3) is 0.529. The molecule has 0 aromatic heterocycles. The molecule has 7 heteroatoms. The van der Waals surface area contributed by atoms with Crippen LogP contribution in [0.4, 0.5) is 10.5 Å². The molecule has 0 saturated carbocycles. The lowest BCUT2D eigenvalue weighted by atomic mass is 9.93. The Morgan fingerprint density at radius 2 is 2.17 bits per heavy atom. The van der Waals surface area contributed by atoms with E-state index in [0.29, 0.717) is 38.0 Å². The van der Waals surface area contributed by atoms with Crippen LogP contribution >= 0.6 is 0 Å². The molecule has 7 nitrogen and oxygen atoms in total. The van der Waals surface area contributed by atoms with Crippen LogP contribution in [0.2, 0.25) is 0 Å². The Labute approximate surface area is 140 Å². The molecular weight excluding hydrogens is 310 g/mol. The van der Waals surface area contributed by atoms with Crippen LogP contribution in [0.5, 0.6) is 0 Å². The number of hydrogen-bond donors (Lipinski definition) is 3. The standard InChI is InChI=1S/C17H23N3O4/c1-12-3-4-13(9-14(12)20-8-6-18-16(20)23)15(22)19-7-2-5-17(24,10-19)11-21/h3-4,9,21,24H,2,5-8,10-11H2,1H3,(H,18,23)/t17-/m1/s1. The van der Waals surface area contributed by atoms with Crippen molar-refractivity contribution in [2.24, 2.45) is 0 Å². The minimum atomic E-state index is -1.23. The molecule has 2 aliphatic heterocycles. The number of rotatable bonds is 3. The van der Waals surface area contributed by atoms with Gasteiger partial charge in [0, 0.05) is 30.9 Å². The predicted molar refractivity (Wildman–Crippen MR) is 89.1 cm³/mol. The Balaban J connectivity index is 1.84. The van der Waals surface area contributed by atoms with E-state index >= 15 is 0 Å². The van der Waals surface area contributed by atoms with Gasteiger partial charge in [0.15, 0.2) is 0 Å². The second-order valence-corrected chi connectivity index (χ2v) is 6.60. The monoisotopic (exact) mass is 333 g/mol. The van der Waals surface area contributed by atoms with Gasteiger partial charge in [-0.15, -0.1) is 0 Å². The first-order valence-corrected chi connectivity index (χ1v) is 8.22. The predicted octanol–water partition coefficient (Wildman–Crippen LogP) is 0.484. The topological polar surface area (TPSA) is 93.1 Å². The molecule has 0 unspecified atom stereocenters. The number of piperidine rings is 1. The van der Waals surface area contributed by atoms with E-state index in [1.807, 2.05) is 13.0 Å². The zero-order valence-electron chi connectivity index (χ0n) is 13.8. The summed E-state index contributed by atoms with van der Waals surface area (Å²) in [6.45, 7) is 3.38. The number of carbonyl (C=O) groups excluding carboxylic acids is 2. The van der Waals surface area contributed by atoms with Crippen LogP contribution in [0.15, 0.2) is 18.2 Å². The van der Waals surface area contributed by atoms with Gasteiger partial charge in [0.05, 0.1) is 13.2 Å². The van der Waals surface area contributed by atoms with Gasteiger partial charge in [-0.3, -0.25) is 9.69 Å². The highest BCUT2D eigenvalue weighted by Crippen LogP contribution is 2.26. The molecule has 0 bridgehead atoms. The third-order valence-electron chi connectivity index (χ3n) is 4.74. The van der Waals surface area contributed by atoms with Gasteiger partial charge in [0.25, 0.3) is 5.91 Å². The zero-order chi connectivity index (χ0) is 17.3. The van der Waals surface area contributed by atoms with Gasteiger partial charge < -0.3 is 20.4 Å². The molecule has 24 heavy (non-hydrogen) atoms.